The molecule has 20 heavy (non-hydrogen) atoms. The van der Waals surface area contributed by atoms with Crippen molar-refractivity contribution in [2.24, 2.45) is 0 Å². The zero-order valence-corrected chi connectivity index (χ0v) is 10.2. The van der Waals surface area contributed by atoms with Gasteiger partial charge in [-0.2, -0.15) is 4.68 Å². The van der Waals surface area contributed by atoms with E-state index in [0.717, 1.165) is 0 Å². The third-order valence-electron chi connectivity index (χ3n) is 2.80. The highest BCUT2D eigenvalue weighted by molar-refractivity contribution is 5.72. The van der Waals surface area contributed by atoms with E-state index in [-0.39, 0.29) is 11.5 Å². The SMILES string of the molecule is Nc1cc(F)ccc1-c1nnnn1-c1ccc(F)cc1. The third-order valence-corrected chi connectivity index (χ3v) is 2.80. The van der Waals surface area contributed by atoms with E-state index in [1.165, 1.54) is 47.1 Å². The zero-order valence-electron chi connectivity index (χ0n) is 10.2. The number of nitrogens with two attached hydrogens (primary N) is 1. The predicted octanol–water partition coefficient (Wildman–Crippen LogP) is 2.19. The minimum absolute atomic E-state index is 0.225. The molecular weight excluding hydrogens is 264 g/mol. The van der Waals surface area contributed by atoms with Crippen LogP contribution in [0.5, 0.6) is 0 Å². The van der Waals surface area contributed by atoms with Gasteiger partial charge in [-0.15, -0.1) is 5.10 Å². The molecule has 2 N–H and O–H groups in total. The van der Waals surface area contributed by atoms with Crippen LogP contribution >= 0.6 is 0 Å². The molecule has 0 saturated heterocycles. The Morgan fingerprint density at radius 1 is 0.950 bits per heavy atom. The second-order valence-electron chi connectivity index (χ2n) is 4.12. The number of nitrogens with zero attached hydrogens (tertiary/aromatic N) is 4. The Morgan fingerprint density at radius 3 is 2.35 bits per heavy atom. The van der Waals surface area contributed by atoms with Crippen LogP contribution in [-0.2, 0) is 0 Å². The number of benzene rings is 2. The number of tetrazole rings is 1. The van der Waals surface area contributed by atoms with Gasteiger partial charge < -0.3 is 5.73 Å². The fourth-order valence-electron chi connectivity index (χ4n) is 1.85. The van der Waals surface area contributed by atoms with Gasteiger partial charge in [-0.1, -0.05) is 0 Å². The van der Waals surface area contributed by atoms with Crippen molar-refractivity contribution in [1.29, 1.82) is 0 Å². The molecule has 7 heteroatoms. The molecule has 0 spiro atoms. The fraction of sp³-hybridized carbons (Fsp3) is 0. The van der Waals surface area contributed by atoms with Crippen LogP contribution < -0.4 is 5.73 Å². The number of nitrogen functional groups attached to an aromatic ring is 1. The maximum Gasteiger partial charge on any atom is 0.189 e. The molecule has 1 aromatic heterocycles. The Balaban J connectivity index is 2.12. The summed E-state index contributed by atoms with van der Waals surface area (Å²) in [5.74, 6) is -0.439. The average molecular weight is 273 g/mol. The minimum Gasteiger partial charge on any atom is -0.398 e. The summed E-state index contributed by atoms with van der Waals surface area (Å²) in [6.45, 7) is 0. The van der Waals surface area contributed by atoms with Crippen LogP contribution in [0.1, 0.15) is 0 Å². The van der Waals surface area contributed by atoms with Crippen LogP contribution in [0.25, 0.3) is 17.1 Å². The van der Waals surface area contributed by atoms with Gasteiger partial charge in [-0.25, -0.2) is 8.78 Å². The van der Waals surface area contributed by atoms with Gasteiger partial charge in [0.25, 0.3) is 0 Å². The first kappa shape index (κ1) is 12.2. The molecule has 100 valence electrons. The third kappa shape index (κ3) is 2.09. The quantitative estimate of drug-likeness (QED) is 0.727. The van der Waals surface area contributed by atoms with Gasteiger partial charge in [0.15, 0.2) is 5.82 Å². The molecule has 2 aromatic carbocycles. The number of rotatable bonds is 2. The average Bonchev–Trinajstić information content (AvgIpc) is 2.88. The second kappa shape index (κ2) is 4.69. The molecule has 0 aliphatic carbocycles. The van der Waals surface area contributed by atoms with Crippen molar-refractivity contribution in [3.05, 3.63) is 54.1 Å². The summed E-state index contributed by atoms with van der Waals surface area (Å²) in [4.78, 5) is 0. The number of anilines is 1. The van der Waals surface area contributed by atoms with Crippen molar-refractivity contribution in [3.8, 4) is 17.1 Å². The standard InChI is InChI=1S/C13H9F2N5/c14-8-1-4-10(5-2-8)20-13(17-18-19-20)11-6-3-9(15)7-12(11)16/h1-7H,16H2. The largest absolute Gasteiger partial charge is 0.398 e. The van der Waals surface area contributed by atoms with Gasteiger partial charge in [-0.3, -0.25) is 0 Å². The van der Waals surface area contributed by atoms with E-state index in [4.69, 9.17) is 5.73 Å². The zero-order chi connectivity index (χ0) is 14.1. The summed E-state index contributed by atoms with van der Waals surface area (Å²) in [7, 11) is 0. The lowest BCUT2D eigenvalue weighted by Gasteiger charge is -2.06. The van der Waals surface area contributed by atoms with Gasteiger partial charge in [-0.05, 0) is 52.9 Å². The van der Waals surface area contributed by atoms with Crippen LogP contribution in [0.2, 0.25) is 0 Å². The maximum absolute atomic E-state index is 13.1. The Kier molecular flexibility index (Phi) is 2.86. The van der Waals surface area contributed by atoms with Crippen LogP contribution in [0.3, 0.4) is 0 Å². The maximum atomic E-state index is 13.1. The monoisotopic (exact) mass is 273 g/mol. The van der Waals surface area contributed by atoms with Crippen molar-refractivity contribution in [3.63, 3.8) is 0 Å². The molecule has 0 fully saturated rings. The summed E-state index contributed by atoms with van der Waals surface area (Å²) < 4.78 is 27.4. The van der Waals surface area contributed by atoms with E-state index >= 15 is 0 Å². The topological polar surface area (TPSA) is 69.6 Å². The fourth-order valence-corrected chi connectivity index (χ4v) is 1.85. The van der Waals surface area contributed by atoms with Crippen LogP contribution in [0, 0.1) is 11.6 Å². The van der Waals surface area contributed by atoms with Gasteiger partial charge in [0.1, 0.15) is 11.6 Å². The molecule has 5 nitrogen and oxygen atoms in total. The first-order valence-corrected chi connectivity index (χ1v) is 5.75. The van der Waals surface area contributed by atoms with Crippen LogP contribution in [-0.4, -0.2) is 20.2 Å². The van der Waals surface area contributed by atoms with Crippen molar-refractivity contribution >= 4 is 5.69 Å². The Morgan fingerprint density at radius 2 is 1.65 bits per heavy atom. The molecule has 0 aliphatic rings. The normalized spacial score (nSPS) is 10.7. The van der Waals surface area contributed by atoms with Crippen LogP contribution in [0.4, 0.5) is 14.5 Å². The first-order valence-electron chi connectivity index (χ1n) is 5.75. The number of hydrogen-bond acceptors (Lipinski definition) is 4. The molecule has 0 bridgehead atoms. The highest BCUT2D eigenvalue weighted by Crippen LogP contribution is 2.25. The summed E-state index contributed by atoms with van der Waals surface area (Å²) >= 11 is 0. The number of aromatic nitrogens is 4. The molecule has 0 aliphatic heterocycles. The lowest BCUT2D eigenvalue weighted by atomic mass is 10.1. The lowest BCUT2D eigenvalue weighted by molar-refractivity contribution is 0.626. The Hall–Kier alpha value is -2.83. The van der Waals surface area contributed by atoms with Gasteiger partial charge in [0.2, 0.25) is 0 Å². The molecular formula is C13H9F2N5. The molecule has 1 heterocycles. The highest BCUT2D eigenvalue weighted by atomic mass is 19.1. The molecule has 3 rings (SSSR count). The van der Waals surface area contributed by atoms with Gasteiger partial charge >= 0.3 is 0 Å². The molecule has 0 saturated carbocycles. The number of halogens is 2. The Bertz CT molecular complexity index is 752. The first-order chi connectivity index (χ1) is 9.65. The molecule has 0 radical (unpaired) electrons. The minimum atomic E-state index is -0.438. The van der Waals surface area contributed by atoms with E-state index < -0.39 is 5.82 Å². The lowest BCUT2D eigenvalue weighted by Crippen LogP contribution is -2.02. The molecule has 0 unspecified atom stereocenters. The Labute approximate surface area is 112 Å². The second-order valence-corrected chi connectivity index (χ2v) is 4.12. The highest BCUT2D eigenvalue weighted by Gasteiger charge is 2.13. The summed E-state index contributed by atoms with van der Waals surface area (Å²) in [6.07, 6.45) is 0. The summed E-state index contributed by atoms with van der Waals surface area (Å²) in [5, 5.41) is 11.3. The van der Waals surface area contributed by atoms with Crippen molar-refractivity contribution in [2.75, 3.05) is 5.73 Å². The van der Waals surface area contributed by atoms with Gasteiger partial charge in [0, 0.05) is 11.3 Å². The van der Waals surface area contributed by atoms with Crippen LogP contribution in [0.15, 0.2) is 42.5 Å². The van der Waals surface area contributed by atoms with E-state index in [1.807, 2.05) is 0 Å². The molecule has 0 atom stereocenters. The summed E-state index contributed by atoms with van der Waals surface area (Å²) in [5.41, 5.74) is 7.08. The smallest absolute Gasteiger partial charge is 0.189 e. The van der Waals surface area contributed by atoms with E-state index in [1.54, 1.807) is 0 Å². The van der Waals surface area contributed by atoms with Crippen molar-refractivity contribution < 1.29 is 8.78 Å². The van der Waals surface area contributed by atoms with Crippen molar-refractivity contribution in [1.82, 2.24) is 20.2 Å². The molecule has 0 amide bonds. The van der Waals surface area contributed by atoms with Crippen molar-refractivity contribution in [2.45, 2.75) is 0 Å². The molecule has 3 aromatic rings. The predicted molar refractivity (Wildman–Crippen MR) is 68.9 cm³/mol. The van der Waals surface area contributed by atoms with E-state index in [9.17, 15) is 8.78 Å². The van der Waals surface area contributed by atoms with E-state index in [2.05, 4.69) is 15.5 Å². The number of hydrogen-bond donors (Lipinski definition) is 1. The van der Waals surface area contributed by atoms with Gasteiger partial charge in [0.05, 0.1) is 5.69 Å². The summed E-state index contributed by atoms with van der Waals surface area (Å²) in [6, 6.07) is 9.64. The van der Waals surface area contributed by atoms with E-state index in [0.29, 0.717) is 17.1 Å².